The molecule has 0 saturated carbocycles. The van der Waals surface area contributed by atoms with Gasteiger partial charge in [-0.05, 0) is 27.7 Å². The Balaban J connectivity index is 1.86. The van der Waals surface area contributed by atoms with Crippen LogP contribution in [0.25, 0.3) is 0 Å². The first-order chi connectivity index (χ1) is 14.8. The molecule has 30 heavy (non-hydrogen) atoms. The van der Waals surface area contributed by atoms with Crippen molar-refractivity contribution in [2.24, 2.45) is 5.16 Å². The first-order valence-corrected chi connectivity index (χ1v) is 11.8. The molecule has 0 spiro atoms. The highest BCUT2D eigenvalue weighted by molar-refractivity contribution is 7.07. The standard InChI is InChI=1S/C26H23NO2Si/c1-28-26-20-12-11-13-22(26)21-27-29-30(23-14-5-2-6-15-23,24-16-7-3-8-17-24)25-18-9-4-10-19-25/h2-21H,1H3/b27-21+. The molecule has 0 unspecified atom stereocenters. The topological polar surface area (TPSA) is 30.8 Å². The van der Waals surface area contributed by atoms with E-state index in [0.717, 1.165) is 26.9 Å². The Morgan fingerprint density at radius 2 is 1.03 bits per heavy atom. The molecule has 0 aliphatic heterocycles. The normalized spacial score (nSPS) is 11.4. The van der Waals surface area contributed by atoms with Crippen LogP contribution in [0.5, 0.6) is 5.75 Å². The van der Waals surface area contributed by atoms with E-state index in [2.05, 4.69) is 78.0 Å². The van der Waals surface area contributed by atoms with Crippen molar-refractivity contribution in [3.63, 3.8) is 0 Å². The van der Waals surface area contributed by atoms with E-state index in [1.165, 1.54) is 0 Å². The fraction of sp³-hybridized carbons (Fsp3) is 0.0385. The minimum Gasteiger partial charge on any atom is -0.496 e. The van der Waals surface area contributed by atoms with Crippen molar-refractivity contribution in [3.05, 3.63) is 121 Å². The van der Waals surface area contributed by atoms with E-state index in [9.17, 15) is 0 Å². The summed E-state index contributed by atoms with van der Waals surface area (Å²) in [6.45, 7) is 0. The maximum absolute atomic E-state index is 6.54. The fourth-order valence-corrected chi connectivity index (χ4v) is 7.12. The predicted octanol–water partition coefficient (Wildman–Crippen LogP) is 3.71. The van der Waals surface area contributed by atoms with Crippen LogP contribution in [0.1, 0.15) is 5.56 Å². The molecule has 3 nitrogen and oxygen atoms in total. The molecule has 4 rings (SSSR count). The van der Waals surface area contributed by atoms with Crippen molar-refractivity contribution in [2.45, 2.75) is 0 Å². The van der Waals surface area contributed by atoms with Crippen LogP contribution < -0.4 is 20.3 Å². The smallest absolute Gasteiger partial charge is 0.380 e. The number of para-hydroxylation sites is 1. The Kier molecular flexibility index (Phi) is 6.06. The number of oxime groups is 1. The molecule has 0 N–H and O–H groups in total. The predicted molar refractivity (Wildman–Crippen MR) is 126 cm³/mol. The Labute approximate surface area is 178 Å². The van der Waals surface area contributed by atoms with E-state index in [-0.39, 0.29) is 0 Å². The summed E-state index contributed by atoms with van der Waals surface area (Å²) in [5.41, 5.74) is 0.872. The first-order valence-electron chi connectivity index (χ1n) is 9.86. The lowest BCUT2D eigenvalue weighted by atomic mass is 10.2. The number of hydrogen-bond donors (Lipinski definition) is 0. The molecular weight excluding hydrogens is 386 g/mol. The molecule has 4 aromatic rings. The van der Waals surface area contributed by atoms with E-state index in [1.54, 1.807) is 13.3 Å². The Morgan fingerprint density at radius 1 is 0.600 bits per heavy atom. The van der Waals surface area contributed by atoms with Crippen molar-refractivity contribution < 1.29 is 9.26 Å². The molecule has 148 valence electrons. The molecule has 0 bridgehead atoms. The average molecular weight is 410 g/mol. The van der Waals surface area contributed by atoms with Gasteiger partial charge in [0.1, 0.15) is 5.75 Å². The van der Waals surface area contributed by atoms with E-state index in [1.807, 2.05) is 42.5 Å². The summed E-state index contributed by atoms with van der Waals surface area (Å²) < 4.78 is 12.0. The largest absolute Gasteiger partial charge is 0.496 e. The second kappa shape index (κ2) is 9.24. The van der Waals surface area contributed by atoms with Crippen molar-refractivity contribution in [3.8, 4) is 5.75 Å². The summed E-state index contributed by atoms with van der Waals surface area (Å²) in [5, 5.41) is 7.92. The van der Waals surface area contributed by atoms with Crippen LogP contribution in [0, 0.1) is 0 Å². The highest BCUT2D eigenvalue weighted by Crippen LogP contribution is 2.16. The van der Waals surface area contributed by atoms with Gasteiger partial charge in [-0.25, -0.2) is 0 Å². The van der Waals surface area contributed by atoms with Crippen LogP contribution in [0.2, 0.25) is 0 Å². The minimum atomic E-state index is -2.84. The second-order valence-electron chi connectivity index (χ2n) is 6.85. The third-order valence-corrected chi connectivity index (χ3v) is 8.88. The van der Waals surface area contributed by atoms with Crippen LogP contribution in [0.4, 0.5) is 0 Å². The van der Waals surface area contributed by atoms with E-state index >= 15 is 0 Å². The molecule has 4 heteroatoms. The summed E-state index contributed by atoms with van der Waals surface area (Å²) in [6, 6.07) is 38.9. The van der Waals surface area contributed by atoms with Gasteiger partial charge >= 0.3 is 8.32 Å². The number of hydrogen-bond acceptors (Lipinski definition) is 3. The van der Waals surface area contributed by atoms with Gasteiger partial charge in [-0.2, -0.15) is 0 Å². The molecule has 0 aliphatic rings. The average Bonchev–Trinajstić information content (AvgIpc) is 2.84. The molecule has 0 heterocycles. The second-order valence-corrected chi connectivity index (χ2v) is 10.1. The number of ether oxygens (including phenoxy) is 1. The zero-order valence-electron chi connectivity index (χ0n) is 16.8. The van der Waals surface area contributed by atoms with Crippen molar-refractivity contribution in [2.75, 3.05) is 7.11 Å². The maximum atomic E-state index is 6.54. The lowest BCUT2D eigenvalue weighted by Gasteiger charge is -2.30. The van der Waals surface area contributed by atoms with Crippen LogP contribution >= 0.6 is 0 Å². The van der Waals surface area contributed by atoms with Crippen molar-refractivity contribution in [1.29, 1.82) is 0 Å². The number of methoxy groups -OCH3 is 1. The molecular formula is C26H23NO2Si. The Bertz CT molecular complexity index is 1000. The van der Waals surface area contributed by atoms with Crippen LogP contribution in [-0.2, 0) is 4.53 Å². The summed E-state index contributed by atoms with van der Waals surface area (Å²) in [4.78, 5) is 0. The molecule has 0 aromatic heterocycles. The third kappa shape index (κ3) is 3.91. The zero-order valence-corrected chi connectivity index (χ0v) is 17.8. The van der Waals surface area contributed by atoms with Crippen LogP contribution in [0.3, 0.4) is 0 Å². The zero-order chi connectivity index (χ0) is 20.7. The van der Waals surface area contributed by atoms with Gasteiger partial charge < -0.3 is 9.26 Å². The highest BCUT2D eigenvalue weighted by Gasteiger charge is 2.44. The minimum absolute atomic E-state index is 0.760. The van der Waals surface area contributed by atoms with Crippen molar-refractivity contribution >= 4 is 30.1 Å². The highest BCUT2D eigenvalue weighted by atomic mass is 28.4. The fourth-order valence-electron chi connectivity index (χ4n) is 3.61. The number of rotatable bonds is 7. The Hall–Kier alpha value is -3.63. The van der Waals surface area contributed by atoms with Gasteiger partial charge in [0.05, 0.1) is 13.3 Å². The number of benzene rings is 4. The molecule has 0 atom stereocenters. The van der Waals surface area contributed by atoms with Gasteiger partial charge in [-0.3, -0.25) is 0 Å². The van der Waals surface area contributed by atoms with Crippen molar-refractivity contribution in [1.82, 2.24) is 0 Å². The van der Waals surface area contributed by atoms with Gasteiger partial charge in [0.2, 0.25) is 0 Å². The van der Waals surface area contributed by atoms with E-state index < -0.39 is 8.32 Å². The lowest BCUT2D eigenvalue weighted by Crippen LogP contribution is -2.68. The van der Waals surface area contributed by atoms with Crippen LogP contribution in [0.15, 0.2) is 120 Å². The summed E-state index contributed by atoms with van der Waals surface area (Å²) in [6.07, 6.45) is 1.73. The van der Waals surface area contributed by atoms with Crippen LogP contribution in [-0.4, -0.2) is 21.6 Å². The van der Waals surface area contributed by atoms with Gasteiger partial charge in [0.25, 0.3) is 0 Å². The van der Waals surface area contributed by atoms with Gasteiger partial charge in [-0.15, -0.1) is 5.16 Å². The molecule has 0 aliphatic carbocycles. The van der Waals surface area contributed by atoms with E-state index in [4.69, 9.17) is 9.26 Å². The summed E-state index contributed by atoms with van der Waals surface area (Å²) in [7, 11) is -1.19. The third-order valence-electron chi connectivity index (χ3n) is 5.06. The molecule has 4 aromatic carbocycles. The lowest BCUT2D eigenvalue weighted by molar-refractivity contribution is 0.351. The van der Waals surface area contributed by atoms with Gasteiger partial charge in [0.15, 0.2) is 0 Å². The molecule has 0 radical (unpaired) electrons. The quantitative estimate of drug-likeness (QED) is 0.202. The molecule has 0 amide bonds. The SMILES string of the molecule is COc1ccccc1/C=N/O[Si](c1ccccc1)(c1ccccc1)c1ccccc1. The first kappa shape index (κ1) is 19.7. The van der Waals surface area contributed by atoms with Gasteiger partial charge in [0, 0.05) is 5.56 Å². The summed E-state index contributed by atoms with van der Waals surface area (Å²) in [5.74, 6) is 0.760. The summed E-state index contributed by atoms with van der Waals surface area (Å²) >= 11 is 0. The molecule has 0 fully saturated rings. The number of nitrogens with zero attached hydrogens (tertiary/aromatic N) is 1. The monoisotopic (exact) mass is 409 g/mol. The van der Waals surface area contributed by atoms with Gasteiger partial charge in [-0.1, -0.05) is 103 Å². The maximum Gasteiger partial charge on any atom is 0.380 e. The van der Waals surface area contributed by atoms with E-state index in [0.29, 0.717) is 0 Å². The Morgan fingerprint density at radius 3 is 1.50 bits per heavy atom. The molecule has 0 saturated heterocycles.